The van der Waals surface area contributed by atoms with Gasteiger partial charge in [0.1, 0.15) is 0 Å². The van der Waals surface area contributed by atoms with E-state index in [2.05, 4.69) is 0 Å². The Kier molecular flexibility index (Phi) is 3.58. The van der Waals surface area contributed by atoms with Gasteiger partial charge in [0, 0.05) is 9.77 Å². The van der Waals surface area contributed by atoms with E-state index in [9.17, 15) is 8.78 Å². The number of hydrogen-bond donors (Lipinski definition) is 1. The summed E-state index contributed by atoms with van der Waals surface area (Å²) in [4.78, 5) is 1.50. The predicted molar refractivity (Wildman–Crippen MR) is 60.7 cm³/mol. The number of aliphatic hydroxyl groups is 1. The molecule has 0 aliphatic rings. The molecule has 1 heterocycles. The SMILES string of the molecule is OCc1ccc(Sc2ccc(F)c(F)c2)s1. The number of thiophene rings is 1. The molecule has 0 bridgehead atoms. The lowest BCUT2D eigenvalue weighted by molar-refractivity contribution is 0.285. The van der Waals surface area contributed by atoms with Crippen LogP contribution in [0.4, 0.5) is 8.78 Å². The summed E-state index contributed by atoms with van der Waals surface area (Å²) in [5.74, 6) is -1.68. The van der Waals surface area contributed by atoms with E-state index in [0.29, 0.717) is 4.90 Å². The minimum atomic E-state index is -0.844. The van der Waals surface area contributed by atoms with Crippen molar-refractivity contribution < 1.29 is 13.9 Å². The summed E-state index contributed by atoms with van der Waals surface area (Å²) < 4.78 is 26.5. The molecule has 1 N–H and O–H groups in total. The van der Waals surface area contributed by atoms with Crippen molar-refractivity contribution in [3.8, 4) is 0 Å². The molecule has 0 radical (unpaired) electrons. The van der Waals surface area contributed by atoms with Crippen molar-refractivity contribution in [2.24, 2.45) is 0 Å². The minimum Gasteiger partial charge on any atom is -0.391 e. The second-order valence-electron chi connectivity index (χ2n) is 3.06. The van der Waals surface area contributed by atoms with Gasteiger partial charge in [-0.2, -0.15) is 0 Å². The van der Waals surface area contributed by atoms with E-state index in [1.54, 1.807) is 0 Å². The Morgan fingerprint density at radius 2 is 1.94 bits per heavy atom. The highest BCUT2D eigenvalue weighted by Crippen LogP contribution is 2.33. The maximum Gasteiger partial charge on any atom is 0.159 e. The smallest absolute Gasteiger partial charge is 0.159 e. The van der Waals surface area contributed by atoms with Gasteiger partial charge in [0.25, 0.3) is 0 Å². The molecule has 5 heteroatoms. The zero-order valence-electron chi connectivity index (χ0n) is 8.11. The van der Waals surface area contributed by atoms with Crippen LogP contribution < -0.4 is 0 Å². The zero-order chi connectivity index (χ0) is 11.5. The molecule has 1 aromatic carbocycles. The molecule has 0 aliphatic heterocycles. The summed E-state index contributed by atoms with van der Waals surface area (Å²) in [7, 11) is 0. The van der Waals surface area contributed by atoms with Gasteiger partial charge in [-0.1, -0.05) is 11.8 Å². The molecule has 0 aliphatic carbocycles. The Morgan fingerprint density at radius 1 is 1.12 bits per heavy atom. The molecular weight excluding hydrogens is 250 g/mol. The van der Waals surface area contributed by atoms with E-state index in [-0.39, 0.29) is 6.61 Å². The summed E-state index contributed by atoms with van der Waals surface area (Å²) in [5.41, 5.74) is 0. The Balaban J connectivity index is 2.17. The van der Waals surface area contributed by atoms with Crippen LogP contribution in [0.2, 0.25) is 0 Å². The molecule has 0 amide bonds. The molecule has 0 atom stereocenters. The standard InChI is InChI=1S/C11H8F2OS2/c12-9-3-1-7(5-10(9)13)15-11-4-2-8(6-14)16-11/h1-5,14H,6H2. The predicted octanol–water partition coefficient (Wildman–Crippen LogP) is 3.67. The van der Waals surface area contributed by atoms with Crippen molar-refractivity contribution >= 4 is 23.1 Å². The largest absolute Gasteiger partial charge is 0.391 e. The summed E-state index contributed by atoms with van der Waals surface area (Å²) in [6.07, 6.45) is 0. The van der Waals surface area contributed by atoms with Crippen LogP contribution in [0.1, 0.15) is 4.88 Å². The van der Waals surface area contributed by atoms with E-state index >= 15 is 0 Å². The Hall–Kier alpha value is -0.910. The fraction of sp³-hybridized carbons (Fsp3) is 0.0909. The van der Waals surface area contributed by atoms with Crippen LogP contribution in [0.25, 0.3) is 0 Å². The highest BCUT2D eigenvalue weighted by Gasteiger charge is 2.05. The lowest BCUT2D eigenvalue weighted by Crippen LogP contribution is -1.82. The van der Waals surface area contributed by atoms with Crippen molar-refractivity contribution in [2.45, 2.75) is 15.7 Å². The second kappa shape index (κ2) is 4.95. The monoisotopic (exact) mass is 258 g/mol. The van der Waals surface area contributed by atoms with Crippen LogP contribution in [0.5, 0.6) is 0 Å². The van der Waals surface area contributed by atoms with Gasteiger partial charge >= 0.3 is 0 Å². The Labute approximate surface area is 99.7 Å². The van der Waals surface area contributed by atoms with E-state index in [4.69, 9.17) is 5.11 Å². The van der Waals surface area contributed by atoms with Crippen LogP contribution in [0.15, 0.2) is 39.4 Å². The molecule has 84 valence electrons. The third kappa shape index (κ3) is 2.61. The first-order valence-corrected chi connectivity index (χ1v) is 6.15. The zero-order valence-corrected chi connectivity index (χ0v) is 9.75. The van der Waals surface area contributed by atoms with E-state index in [1.807, 2.05) is 12.1 Å². The Morgan fingerprint density at radius 3 is 2.56 bits per heavy atom. The quantitative estimate of drug-likeness (QED) is 0.906. The number of hydrogen-bond acceptors (Lipinski definition) is 3. The third-order valence-electron chi connectivity index (χ3n) is 1.90. The molecule has 2 aromatic rings. The van der Waals surface area contributed by atoms with E-state index in [0.717, 1.165) is 15.2 Å². The van der Waals surface area contributed by atoms with Crippen molar-refractivity contribution in [2.75, 3.05) is 0 Å². The molecule has 0 unspecified atom stereocenters. The van der Waals surface area contributed by atoms with Gasteiger partial charge in [0.2, 0.25) is 0 Å². The van der Waals surface area contributed by atoms with Gasteiger partial charge in [0.15, 0.2) is 11.6 Å². The first-order chi connectivity index (χ1) is 7.69. The van der Waals surface area contributed by atoms with Crippen molar-refractivity contribution in [1.29, 1.82) is 0 Å². The third-order valence-corrected chi connectivity index (χ3v) is 4.09. The molecule has 2 rings (SSSR count). The topological polar surface area (TPSA) is 20.2 Å². The minimum absolute atomic E-state index is 0.00298. The lowest BCUT2D eigenvalue weighted by Gasteiger charge is -1.99. The summed E-state index contributed by atoms with van der Waals surface area (Å²) in [5, 5.41) is 8.89. The van der Waals surface area contributed by atoms with Gasteiger partial charge in [0.05, 0.1) is 10.8 Å². The molecule has 1 aromatic heterocycles. The van der Waals surface area contributed by atoms with Gasteiger partial charge < -0.3 is 5.11 Å². The van der Waals surface area contributed by atoms with Crippen LogP contribution in [0, 0.1) is 11.6 Å². The van der Waals surface area contributed by atoms with Gasteiger partial charge in [-0.25, -0.2) is 8.78 Å². The number of aliphatic hydroxyl groups excluding tert-OH is 1. The van der Waals surface area contributed by atoms with E-state index in [1.165, 1.54) is 35.2 Å². The normalized spacial score (nSPS) is 10.7. The molecule has 0 saturated heterocycles. The highest BCUT2D eigenvalue weighted by atomic mass is 32.2. The maximum absolute atomic E-state index is 12.9. The summed E-state index contributed by atoms with van der Waals surface area (Å²) >= 11 is 2.78. The molecule has 16 heavy (non-hydrogen) atoms. The van der Waals surface area contributed by atoms with Gasteiger partial charge in [-0.15, -0.1) is 11.3 Å². The lowest BCUT2D eigenvalue weighted by atomic mass is 10.3. The Bertz CT molecular complexity index is 496. The average molecular weight is 258 g/mol. The molecule has 0 saturated carbocycles. The summed E-state index contributed by atoms with van der Waals surface area (Å²) in [6.45, 7) is 0.00298. The van der Waals surface area contributed by atoms with Gasteiger partial charge in [-0.05, 0) is 30.3 Å². The fourth-order valence-electron chi connectivity index (χ4n) is 1.15. The maximum atomic E-state index is 12.9. The van der Waals surface area contributed by atoms with Crippen LogP contribution in [-0.4, -0.2) is 5.11 Å². The van der Waals surface area contributed by atoms with E-state index < -0.39 is 11.6 Å². The van der Waals surface area contributed by atoms with Crippen LogP contribution >= 0.6 is 23.1 Å². The first-order valence-electron chi connectivity index (χ1n) is 4.51. The van der Waals surface area contributed by atoms with Crippen molar-refractivity contribution in [3.05, 3.63) is 46.8 Å². The molecule has 0 spiro atoms. The molecule has 0 fully saturated rings. The summed E-state index contributed by atoms with van der Waals surface area (Å²) in [6, 6.07) is 7.47. The second-order valence-corrected chi connectivity index (χ2v) is 5.60. The number of benzene rings is 1. The molecule has 1 nitrogen and oxygen atoms in total. The number of halogens is 2. The van der Waals surface area contributed by atoms with Crippen molar-refractivity contribution in [3.63, 3.8) is 0 Å². The highest BCUT2D eigenvalue weighted by molar-refractivity contribution is 8.01. The molecular formula is C11H8F2OS2. The van der Waals surface area contributed by atoms with Crippen LogP contribution in [-0.2, 0) is 6.61 Å². The average Bonchev–Trinajstić information content (AvgIpc) is 2.71. The number of rotatable bonds is 3. The van der Waals surface area contributed by atoms with Gasteiger partial charge in [-0.3, -0.25) is 0 Å². The first kappa shape index (κ1) is 11.6. The van der Waals surface area contributed by atoms with Crippen LogP contribution in [0.3, 0.4) is 0 Å². The fourth-order valence-corrected chi connectivity index (χ4v) is 3.19. The van der Waals surface area contributed by atoms with Crippen molar-refractivity contribution in [1.82, 2.24) is 0 Å².